The molecular weight excluding hydrogens is 464 g/mol. The molecule has 10 nitrogen and oxygen atoms in total. The normalized spacial score (nSPS) is 15.0. The number of hydrogen-bond acceptors (Lipinski definition) is 7. The molecule has 12 heteroatoms. The van der Waals surface area contributed by atoms with E-state index in [0.717, 1.165) is 11.1 Å². The minimum atomic E-state index is -1.15. The van der Waals surface area contributed by atoms with Crippen LogP contribution in [0.15, 0.2) is 36.4 Å². The molecule has 3 amide bonds. The summed E-state index contributed by atoms with van der Waals surface area (Å²) in [4.78, 5) is 40.2. The van der Waals surface area contributed by atoms with E-state index in [1.54, 1.807) is 30.3 Å². The fourth-order valence-corrected chi connectivity index (χ4v) is 4.24. The molecule has 188 valence electrons. The Morgan fingerprint density at radius 2 is 1.56 bits per heavy atom. The van der Waals surface area contributed by atoms with E-state index < -0.39 is 32.1 Å². The van der Waals surface area contributed by atoms with Gasteiger partial charge in [0, 0.05) is 17.7 Å². The first kappa shape index (κ1) is 25.9. The van der Waals surface area contributed by atoms with Gasteiger partial charge in [-0.15, -0.1) is 0 Å². The average molecular weight is 493 g/mol. The Hall–Kier alpha value is -3.18. The molecule has 0 aliphatic carbocycles. The lowest BCUT2D eigenvalue weighted by Gasteiger charge is -2.28. The second-order valence-corrected chi connectivity index (χ2v) is 9.52. The van der Waals surface area contributed by atoms with E-state index in [-0.39, 0.29) is 37.1 Å². The molecule has 0 radical (unpaired) electrons. The molecule has 0 spiro atoms. The Morgan fingerprint density at radius 1 is 1.00 bits per heavy atom. The molecule has 4 rings (SSSR count). The Labute approximate surface area is 210 Å². The number of rotatable bonds is 9. The number of carbonyl (C=O) groups excluding carboxylic acids is 3. The third kappa shape index (κ3) is 5.62. The Morgan fingerprint density at radius 3 is 2.11 bits per heavy atom. The molecule has 2 aromatic rings. The zero-order chi connectivity index (χ0) is 26.0. The van der Waals surface area contributed by atoms with Crippen LogP contribution in [0.5, 0.6) is 0 Å². The van der Waals surface area contributed by atoms with Crippen LogP contribution < -0.4 is 22.0 Å². The summed E-state index contributed by atoms with van der Waals surface area (Å²) in [5, 5.41) is 22.6. The molecule has 1 atom stereocenters. The Balaban J connectivity index is 1.53. The number of carbonyl (C=O) groups is 3. The van der Waals surface area contributed by atoms with Crippen LogP contribution in [0.25, 0.3) is 0 Å². The minimum absolute atomic E-state index is 0.126. The van der Waals surface area contributed by atoms with Crippen molar-refractivity contribution in [1.29, 1.82) is 0 Å². The number of primary amides is 1. The smallest absolute Gasteiger partial charge is 0.423 e. The van der Waals surface area contributed by atoms with Crippen molar-refractivity contribution in [1.82, 2.24) is 10.2 Å². The summed E-state index contributed by atoms with van der Waals surface area (Å²) >= 11 is 0. The van der Waals surface area contributed by atoms with E-state index in [1.165, 1.54) is 11.0 Å². The zero-order valence-electron chi connectivity index (χ0n) is 20.3. The second kappa shape index (κ2) is 10.8. The van der Waals surface area contributed by atoms with E-state index in [4.69, 9.17) is 15.0 Å². The van der Waals surface area contributed by atoms with Gasteiger partial charge < -0.3 is 35.3 Å². The molecule has 2 aliphatic rings. The van der Waals surface area contributed by atoms with E-state index in [9.17, 15) is 24.4 Å². The maximum absolute atomic E-state index is 13.4. The number of nitrogens with zero attached hydrogens (tertiary/aromatic N) is 1. The first-order valence-corrected chi connectivity index (χ1v) is 11.9. The van der Waals surface area contributed by atoms with E-state index in [0.29, 0.717) is 29.5 Å². The summed E-state index contributed by atoms with van der Waals surface area (Å²) in [5.74, 6) is -1.41. The molecule has 1 unspecified atom stereocenters. The first-order chi connectivity index (χ1) is 17.1. The van der Waals surface area contributed by atoms with Gasteiger partial charge in [0.05, 0.1) is 19.8 Å². The van der Waals surface area contributed by atoms with Gasteiger partial charge in [0.1, 0.15) is 6.04 Å². The summed E-state index contributed by atoms with van der Waals surface area (Å²) in [6, 6.07) is 8.61. The average Bonchev–Trinajstić information content (AvgIpc) is 3.41. The number of fused-ring (bicyclic) bond motifs is 2. The highest BCUT2D eigenvalue weighted by Gasteiger charge is 2.31. The quantitative estimate of drug-likeness (QED) is 0.324. The van der Waals surface area contributed by atoms with E-state index in [2.05, 4.69) is 5.32 Å². The standard InChI is InChI=1S/C24H29B2N3O7/c1-14(2)7-8-29(24(32)16-4-6-18-13-36-26(34)20(18)10-16)11-21(22(27)30)28-23(31)15-3-5-17-12-35-25(33)19(17)9-15/h3-6,9-10,14,21,33-34H,7-8,11-13H2,1-2H3,(H2,27,30)(H,28,31). The van der Waals surface area contributed by atoms with Crippen LogP contribution in [0.3, 0.4) is 0 Å². The zero-order valence-corrected chi connectivity index (χ0v) is 20.3. The topological polar surface area (TPSA) is 151 Å². The SMILES string of the molecule is CC(C)CCN(CC(NC(=O)c1ccc2c(c1)B(O)OC2)C(N)=O)C(=O)c1ccc2c(c1)B(O)OC2. The molecule has 0 saturated heterocycles. The highest BCUT2D eigenvalue weighted by Crippen LogP contribution is 2.15. The van der Waals surface area contributed by atoms with Crippen molar-refractivity contribution in [3.05, 3.63) is 58.7 Å². The lowest BCUT2D eigenvalue weighted by Crippen LogP contribution is -2.52. The largest absolute Gasteiger partial charge is 0.491 e. The molecular formula is C24H29B2N3O7. The summed E-state index contributed by atoms with van der Waals surface area (Å²) in [7, 11) is -2.20. The van der Waals surface area contributed by atoms with Crippen LogP contribution in [-0.4, -0.2) is 66.0 Å². The fraction of sp³-hybridized carbons (Fsp3) is 0.375. The molecule has 2 aliphatic heterocycles. The molecule has 0 bridgehead atoms. The lowest BCUT2D eigenvalue weighted by molar-refractivity contribution is -0.120. The minimum Gasteiger partial charge on any atom is -0.423 e. The summed E-state index contributed by atoms with van der Waals surface area (Å²) in [6.07, 6.45) is 0.671. The third-order valence-electron chi connectivity index (χ3n) is 6.44. The molecule has 0 aromatic heterocycles. The molecule has 0 fully saturated rings. The van der Waals surface area contributed by atoms with Gasteiger partial charge >= 0.3 is 14.2 Å². The van der Waals surface area contributed by atoms with Crippen molar-refractivity contribution in [2.45, 2.75) is 39.5 Å². The number of hydrogen-bond donors (Lipinski definition) is 4. The maximum atomic E-state index is 13.4. The van der Waals surface area contributed by atoms with Crippen molar-refractivity contribution >= 4 is 42.9 Å². The first-order valence-electron chi connectivity index (χ1n) is 11.9. The summed E-state index contributed by atoms with van der Waals surface area (Å²) in [6.45, 7) is 4.77. The molecule has 2 aromatic carbocycles. The molecule has 0 saturated carbocycles. The maximum Gasteiger partial charge on any atom is 0.491 e. The van der Waals surface area contributed by atoms with Gasteiger partial charge in [-0.3, -0.25) is 14.4 Å². The highest BCUT2D eigenvalue weighted by atomic mass is 16.5. The van der Waals surface area contributed by atoms with Gasteiger partial charge in [-0.1, -0.05) is 26.0 Å². The number of benzene rings is 2. The van der Waals surface area contributed by atoms with Crippen LogP contribution in [0.2, 0.25) is 0 Å². The monoisotopic (exact) mass is 493 g/mol. The van der Waals surface area contributed by atoms with Gasteiger partial charge in [0.2, 0.25) is 5.91 Å². The number of nitrogens with two attached hydrogens (primary N) is 1. The number of amides is 3. The van der Waals surface area contributed by atoms with Gasteiger partial charge in [0.25, 0.3) is 11.8 Å². The fourth-order valence-electron chi connectivity index (χ4n) is 4.24. The third-order valence-corrected chi connectivity index (χ3v) is 6.44. The Bertz CT molecular complexity index is 1180. The van der Waals surface area contributed by atoms with Crippen molar-refractivity contribution in [2.75, 3.05) is 13.1 Å². The van der Waals surface area contributed by atoms with Gasteiger partial charge in [0.15, 0.2) is 0 Å². The number of nitrogens with one attached hydrogen (secondary N) is 1. The van der Waals surface area contributed by atoms with Crippen LogP contribution >= 0.6 is 0 Å². The summed E-state index contributed by atoms with van der Waals surface area (Å²) < 4.78 is 10.4. The van der Waals surface area contributed by atoms with Crippen LogP contribution in [0.1, 0.15) is 52.1 Å². The van der Waals surface area contributed by atoms with Crippen LogP contribution in [-0.2, 0) is 27.3 Å². The summed E-state index contributed by atoms with van der Waals surface area (Å²) in [5.41, 5.74) is 8.79. The molecule has 36 heavy (non-hydrogen) atoms. The van der Waals surface area contributed by atoms with Gasteiger partial charge in [-0.2, -0.15) is 0 Å². The highest BCUT2D eigenvalue weighted by molar-refractivity contribution is 6.62. The van der Waals surface area contributed by atoms with Crippen LogP contribution in [0.4, 0.5) is 0 Å². The molecule has 2 heterocycles. The van der Waals surface area contributed by atoms with Crippen molar-refractivity contribution in [3.63, 3.8) is 0 Å². The van der Waals surface area contributed by atoms with Crippen molar-refractivity contribution in [3.8, 4) is 0 Å². The van der Waals surface area contributed by atoms with Crippen LogP contribution in [0, 0.1) is 5.92 Å². The van der Waals surface area contributed by atoms with Crippen molar-refractivity contribution < 1.29 is 33.7 Å². The molecule has 5 N–H and O–H groups in total. The van der Waals surface area contributed by atoms with E-state index in [1.807, 2.05) is 13.8 Å². The predicted octanol–water partition coefficient (Wildman–Crippen LogP) is -1.11. The lowest BCUT2D eigenvalue weighted by atomic mass is 9.78. The second-order valence-electron chi connectivity index (χ2n) is 9.52. The van der Waals surface area contributed by atoms with Gasteiger partial charge in [-0.05, 0) is 58.7 Å². The Kier molecular flexibility index (Phi) is 7.79. The van der Waals surface area contributed by atoms with E-state index >= 15 is 0 Å². The van der Waals surface area contributed by atoms with Crippen molar-refractivity contribution in [2.24, 2.45) is 11.7 Å². The predicted molar refractivity (Wildman–Crippen MR) is 133 cm³/mol. The van der Waals surface area contributed by atoms with Gasteiger partial charge in [-0.25, -0.2) is 0 Å².